The molecule has 5 aromatic heterocycles. The van der Waals surface area contributed by atoms with Crippen LogP contribution in [0.2, 0.25) is 0 Å². The Morgan fingerprint density at radius 2 is 0.816 bits per heavy atom. The van der Waals surface area contributed by atoms with Gasteiger partial charge in [0.25, 0.3) is 0 Å². The molecule has 0 aliphatic heterocycles. The minimum absolute atomic E-state index is 0.619. The molecule has 0 fully saturated rings. The van der Waals surface area contributed by atoms with Crippen molar-refractivity contribution in [3.63, 3.8) is 0 Å². The molecule has 1 aromatic carbocycles. The summed E-state index contributed by atoms with van der Waals surface area (Å²) >= 11 is 7.31. The first kappa shape index (κ1) is 34.6. The highest BCUT2D eigenvalue weighted by Gasteiger charge is 2.27. The maximum absolute atomic E-state index is 5.93. The van der Waals surface area contributed by atoms with Crippen molar-refractivity contribution >= 4 is 92.4 Å². The number of hydrogen-bond donors (Lipinski definition) is 0. The summed E-state index contributed by atoms with van der Waals surface area (Å²) in [6.07, 6.45) is 7.96. The number of ether oxygens (including phenoxy) is 8. The lowest BCUT2D eigenvalue weighted by Gasteiger charge is -2.09. The van der Waals surface area contributed by atoms with Crippen molar-refractivity contribution in [3.8, 4) is 66.9 Å². The molecule has 15 heteroatoms. The summed E-state index contributed by atoms with van der Waals surface area (Å²) in [7, 11) is 13.1. The lowest BCUT2D eigenvalue weighted by atomic mass is 10.0. The molecule has 0 unspecified atom stereocenters. The van der Waals surface area contributed by atoms with E-state index in [1.54, 1.807) is 79.6 Å². The average molecular weight is 757 g/mol. The number of thiophene rings is 4. The van der Waals surface area contributed by atoms with Gasteiger partial charge in [0.05, 0.1) is 97.9 Å². The summed E-state index contributed by atoms with van der Waals surface area (Å²) in [6.45, 7) is 0. The van der Waals surface area contributed by atoms with Gasteiger partial charge in [-0.2, -0.15) is 8.75 Å². The number of methoxy groups -OCH3 is 8. The van der Waals surface area contributed by atoms with Gasteiger partial charge in [-0.05, 0) is 24.3 Å². The maximum Gasteiger partial charge on any atom is 0.180 e. The Morgan fingerprint density at radius 1 is 0.449 bits per heavy atom. The minimum Gasteiger partial charge on any atom is -0.492 e. The Hall–Kier alpha value is -4.28. The summed E-state index contributed by atoms with van der Waals surface area (Å²) in [5, 5.41) is 3.83. The molecule has 49 heavy (non-hydrogen) atoms. The van der Waals surface area contributed by atoms with Crippen molar-refractivity contribution in [2.24, 2.45) is 0 Å². The van der Waals surface area contributed by atoms with E-state index in [4.69, 9.17) is 46.6 Å². The zero-order valence-corrected chi connectivity index (χ0v) is 31.9. The second-order valence-corrected chi connectivity index (χ2v) is 14.4. The predicted molar refractivity (Wildman–Crippen MR) is 203 cm³/mol. The number of fused-ring (bicyclic) bond motifs is 1. The lowest BCUT2D eigenvalue weighted by Crippen LogP contribution is -1.91. The van der Waals surface area contributed by atoms with Crippen LogP contribution in [0.3, 0.4) is 0 Å². The average Bonchev–Trinajstić information content (AvgIpc) is 3.96. The summed E-state index contributed by atoms with van der Waals surface area (Å²) in [6, 6.07) is 4.08. The second-order valence-electron chi connectivity index (χ2n) is 9.92. The van der Waals surface area contributed by atoms with Crippen LogP contribution < -0.4 is 37.9 Å². The van der Waals surface area contributed by atoms with Crippen LogP contribution in [-0.2, 0) is 0 Å². The predicted octanol–water partition coefficient (Wildman–Crippen LogP) is 9.68. The molecule has 5 heterocycles. The molecule has 0 amide bonds. The first-order chi connectivity index (χ1) is 24.0. The number of hydrogen-bond acceptors (Lipinski definition) is 15. The van der Waals surface area contributed by atoms with Crippen molar-refractivity contribution in [2.45, 2.75) is 0 Å². The second kappa shape index (κ2) is 15.1. The molecule has 6 rings (SSSR count). The molecule has 256 valence electrons. The van der Waals surface area contributed by atoms with E-state index >= 15 is 0 Å². The monoisotopic (exact) mass is 756 g/mol. The maximum atomic E-state index is 5.93. The topological polar surface area (TPSA) is 99.6 Å². The van der Waals surface area contributed by atoms with Gasteiger partial charge in [-0.15, -0.1) is 45.3 Å². The van der Waals surface area contributed by atoms with E-state index in [1.807, 2.05) is 47.2 Å². The Labute approximate surface area is 303 Å². The third-order valence-electron chi connectivity index (χ3n) is 7.52. The molecule has 0 aliphatic rings. The molecule has 0 bridgehead atoms. The molecule has 0 aliphatic carbocycles. The van der Waals surface area contributed by atoms with Crippen molar-refractivity contribution in [1.29, 1.82) is 0 Å². The molecular formula is C34H32N2O8S5. The van der Waals surface area contributed by atoms with Gasteiger partial charge in [0, 0.05) is 21.9 Å². The first-order valence-corrected chi connectivity index (χ1v) is 18.6. The van der Waals surface area contributed by atoms with E-state index in [9.17, 15) is 0 Å². The smallest absolute Gasteiger partial charge is 0.180 e. The minimum atomic E-state index is 0.619. The van der Waals surface area contributed by atoms with Crippen LogP contribution in [0.5, 0.6) is 46.0 Å². The van der Waals surface area contributed by atoms with Crippen molar-refractivity contribution < 1.29 is 37.9 Å². The van der Waals surface area contributed by atoms with Gasteiger partial charge in [-0.25, -0.2) is 0 Å². The van der Waals surface area contributed by atoms with Crippen LogP contribution in [0, 0.1) is 0 Å². The number of benzene rings is 1. The normalized spacial score (nSPS) is 11.5. The van der Waals surface area contributed by atoms with Gasteiger partial charge in [-0.1, -0.05) is 12.1 Å². The van der Waals surface area contributed by atoms with E-state index in [1.165, 1.54) is 22.7 Å². The molecule has 0 spiro atoms. The summed E-state index contributed by atoms with van der Waals surface area (Å²) in [4.78, 5) is 5.36. The van der Waals surface area contributed by atoms with Gasteiger partial charge in [-0.3, -0.25) is 0 Å². The number of rotatable bonds is 14. The number of nitrogens with zero attached hydrogens (tertiary/aromatic N) is 2. The van der Waals surface area contributed by atoms with Crippen LogP contribution in [0.4, 0.5) is 0 Å². The molecule has 0 atom stereocenters. The molecular weight excluding hydrogens is 725 g/mol. The van der Waals surface area contributed by atoms with Gasteiger partial charge in [0.2, 0.25) is 0 Å². The summed E-state index contributed by atoms with van der Waals surface area (Å²) < 4.78 is 55.1. The van der Waals surface area contributed by atoms with Crippen molar-refractivity contribution in [1.82, 2.24) is 8.75 Å². The quantitative estimate of drug-likeness (QED) is 0.107. The van der Waals surface area contributed by atoms with Crippen LogP contribution in [-0.4, -0.2) is 65.6 Å². The molecule has 10 nitrogen and oxygen atoms in total. The zero-order valence-electron chi connectivity index (χ0n) is 27.8. The molecule has 0 saturated carbocycles. The summed E-state index contributed by atoms with van der Waals surface area (Å²) in [5.74, 6) is 5.24. The lowest BCUT2D eigenvalue weighted by molar-refractivity contribution is 0.357. The van der Waals surface area contributed by atoms with E-state index in [0.29, 0.717) is 46.0 Å². The van der Waals surface area contributed by atoms with Crippen LogP contribution in [0.15, 0.2) is 22.9 Å². The van der Waals surface area contributed by atoms with Gasteiger partial charge < -0.3 is 37.9 Å². The van der Waals surface area contributed by atoms with E-state index in [0.717, 1.165) is 63.2 Å². The van der Waals surface area contributed by atoms with E-state index in [2.05, 4.69) is 0 Å². The fraction of sp³-hybridized carbons (Fsp3) is 0.235. The Balaban J connectivity index is 1.43. The highest BCUT2D eigenvalue weighted by atomic mass is 32.1. The van der Waals surface area contributed by atoms with Crippen LogP contribution in [0.1, 0.15) is 19.5 Å². The fourth-order valence-electron chi connectivity index (χ4n) is 5.31. The molecule has 0 saturated heterocycles. The van der Waals surface area contributed by atoms with Gasteiger partial charge in [0.1, 0.15) is 11.0 Å². The van der Waals surface area contributed by atoms with Crippen molar-refractivity contribution in [2.75, 3.05) is 56.9 Å². The molecule has 0 radical (unpaired) electrons. The fourth-order valence-corrected chi connectivity index (χ4v) is 9.97. The zero-order chi connectivity index (χ0) is 34.7. The Bertz CT molecular complexity index is 2000. The van der Waals surface area contributed by atoms with Crippen LogP contribution in [0.25, 0.3) is 56.2 Å². The van der Waals surface area contributed by atoms with Crippen molar-refractivity contribution in [3.05, 3.63) is 42.4 Å². The molecule has 6 aromatic rings. The third-order valence-corrected chi connectivity index (χ3v) is 12.2. The van der Waals surface area contributed by atoms with Gasteiger partial charge >= 0.3 is 0 Å². The highest BCUT2D eigenvalue weighted by molar-refractivity contribution is 7.18. The SMILES string of the molecule is COc1csc(/C=C/c2sc(-c3ccc(-c4sc(/C=C/c5scc(OC)c5OC)c(OC)c4OC)c4nsnc34)c(OC)c2OC)c1OC. The first-order valence-electron chi connectivity index (χ1n) is 14.5. The standard InChI is InChI=1S/C34H32N2O8S5/c1-37-19-15-45-21(27(19)39-3)11-13-23-29(41-5)31(43-7)33(47-23)17-9-10-18(26-25(17)35-49-36-26)34-32(44-8)30(42-6)24(48-34)14-12-22-28(40-4)20(38-2)16-46-22/h9-16H,1-8H3/b13-11+,14-12+. The van der Waals surface area contributed by atoms with Crippen LogP contribution >= 0.6 is 57.1 Å². The summed E-state index contributed by atoms with van der Waals surface area (Å²) in [5.41, 5.74) is 3.24. The number of aromatic nitrogens is 2. The van der Waals surface area contributed by atoms with E-state index < -0.39 is 0 Å². The Kier molecular flexibility index (Phi) is 10.6. The highest BCUT2D eigenvalue weighted by Crippen LogP contribution is 2.54. The third kappa shape index (κ3) is 6.21. The van der Waals surface area contributed by atoms with E-state index in [-0.39, 0.29) is 0 Å². The van der Waals surface area contributed by atoms with Gasteiger partial charge in [0.15, 0.2) is 46.0 Å². The molecule has 0 N–H and O–H groups in total. The Morgan fingerprint density at radius 3 is 1.16 bits per heavy atom. The largest absolute Gasteiger partial charge is 0.492 e.